The van der Waals surface area contributed by atoms with Crippen LogP contribution in [0.15, 0.2) is 48.5 Å². The third kappa shape index (κ3) is 7.60. The van der Waals surface area contributed by atoms with Crippen molar-refractivity contribution >= 4 is 11.8 Å². The van der Waals surface area contributed by atoms with Crippen LogP contribution in [0.25, 0.3) is 0 Å². The highest BCUT2D eigenvalue weighted by Crippen LogP contribution is 2.40. The number of hydrogen-bond donors (Lipinski definition) is 2. The molecule has 0 bridgehead atoms. The van der Waals surface area contributed by atoms with Gasteiger partial charge >= 0.3 is 0 Å². The minimum atomic E-state index is -0.627. The van der Waals surface area contributed by atoms with Crippen LogP contribution in [0.4, 0.5) is 4.39 Å². The zero-order valence-corrected chi connectivity index (χ0v) is 21.9. The Balaban J connectivity index is 1.31. The summed E-state index contributed by atoms with van der Waals surface area (Å²) in [6, 6.07) is 14.8. The average Bonchev–Trinajstić information content (AvgIpc) is 3.73. The first-order chi connectivity index (χ1) is 18.5. The standard InChI is InChI=1S/C29H36FN5O3/c1-38-18-17-34-13-15-35(16-14-34)29(37)26(33-28(36)23-6-4-21(20-31)5-7-23)3-2-12-32-27-19-25(27)22-8-10-24(30)11-9-22/h4-11,25-27,32H,2-3,12-19H2,1H3,(H,33,36)/t25-,26?,27+/m0/s1. The molecule has 2 amide bonds. The van der Waals surface area contributed by atoms with Crippen LogP contribution in [0, 0.1) is 17.1 Å². The number of piperazine rings is 1. The highest BCUT2D eigenvalue weighted by atomic mass is 19.1. The second-order valence-electron chi connectivity index (χ2n) is 9.97. The molecule has 1 aliphatic carbocycles. The van der Waals surface area contributed by atoms with E-state index in [2.05, 4.69) is 15.5 Å². The van der Waals surface area contributed by atoms with Gasteiger partial charge in [0, 0.05) is 57.4 Å². The molecule has 0 radical (unpaired) electrons. The van der Waals surface area contributed by atoms with Crippen molar-refractivity contribution in [3.63, 3.8) is 0 Å². The molecular formula is C29H36FN5O3. The molecule has 2 fully saturated rings. The van der Waals surface area contributed by atoms with Gasteiger partial charge in [-0.05, 0) is 67.8 Å². The van der Waals surface area contributed by atoms with Gasteiger partial charge in [-0.2, -0.15) is 5.26 Å². The molecule has 4 rings (SSSR count). The summed E-state index contributed by atoms with van der Waals surface area (Å²) in [6.07, 6.45) is 2.26. The monoisotopic (exact) mass is 521 g/mol. The second kappa shape index (κ2) is 13.5. The molecule has 1 saturated carbocycles. The fourth-order valence-electron chi connectivity index (χ4n) is 4.92. The van der Waals surface area contributed by atoms with Gasteiger partial charge < -0.3 is 20.3 Å². The van der Waals surface area contributed by atoms with Gasteiger partial charge in [0.05, 0.1) is 18.2 Å². The van der Waals surface area contributed by atoms with Crippen LogP contribution in [-0.2, 0) is 9.53 Å². The Morgan fingerprint density at radius 3 is 2.47 bits per heavy atom. The lowest BCUT2D eigenvalue weighted by molar-refractivity contribution is -0.135. The number of methoxy groups -OCH3 is 1. The third-order valence-corrected chi connectivity index (χ3v) is 7.34. The van der Waals surface area contributed by atoms with Crippen LogP contribution >= 0.6 is 0 Å². The number of nitriles is 1. The van der Waals surface area contributed by atoms with Gasteiger partial charge in [0.15, 0.2) is 0 Å². The largest absolute Gasteiger partial charge is 0.383 e. The third-order valence-electron chi connectivity index (χ3n) is 7.34. The molecule has 38 heavy (non-hydrogen) atoms. The van der Waals surface area contributed by atoms with Gasteiger partial charge in [0.1, 0.15) is 11.9 Å². The van der Waals surface area contributed by atoms with E-state index in [1.165, 1.54) is 12.1 Å². The number of benzene rings is 2. The number of nitrogens with zero attached hydrogens (tertiary/aromatic N) is 3. The smallest absolute Gasteiger partial charge is 0.251 e. The summed E-state index contributed by atoms with van der Waals surface area (Å²) in [5, 5.41) is 15.5. The summed E-state index contributed by atoms with van der Waals surface area (Å²) in [4.78, 5) is 30.5. The van der Waals surface area contributed by atoms with Crippen molar-refractivity contribution < 1.29 is 18.7 Å². The lowest BCUT2D eigenvalue weighted by Gasteiger charge is -2.36. The van der Waals surface area contributed by atoms with Crippen molar-refractivity contribution in [3.05, 3.63) is 71.0 Å². The van der Waals surface area contributed by atoms with Crippen LogP contribution in [0.2, 0.25) is 0 Å². The SMILES string of the molecule is COCCN1CCN(C(=O)C(CCCN[C@@H]2C[C@H]2c2ccc(F)cc2)NC(=O)c2ccc(C#N)cc2)CC1. The van der Waals surface area contributed by atoms with E-state index in [1.807, 2.05) is 23.1 Å². The van der Waals surface area contributed by atoms with Crippen LogP contribution in [-0.4, -0.2) is 86.7 Å². The van der Waals surface area contributed by atoms with E-state index in [4.69, 9.17) is 10.00 Å². The topological polar surface area (TPSA) is 97.7 Å². The quantitative estimate of drug-likeness (QED) is 0.417. The zero-order chi connectivity index (χ0) is 26.9. The molecule has 2 N–H and O–H groups in total. The van der Waals surface area contributed by atoms with Crippen LogP contribution in [0.3, 0.4) is 0 Å². The fraction of sp³-hybridized carbons (Fsp3) is 0.483. The van der Waals surface area contributed by atoms with E-state index in [-0.39, 0.29) is 17.6 Å². The molecule has 1 unspecified atom stereocenters. The maximum absolute atomic E-state index is 13.5. The van der Waals surface area contributed by atoms with E-state index in [0.717, 1.165) is 44.6 Å². The molecule has 9 heteroatoms. The molecule has 1 saturated heterocycles. The molecule has 2 aromatic carbocycles. The first-order valence-electron chi connectivity index (χ1n) is 13.3. The lowest BCUT2D eigenvalue weighted by atomic mass is 10.1. The molecular weight excluding hydrogens is 485 g/mol. The van der Waals surface area contributed by atoms with Crippen molar-refractivity contribution in [1.82, 2.24) is 20.4 Å². The van der Waals surface area contributed by atoms with Gasteiger partial charge in [-0.15, -0.1) is 0 Å². The molecule has 2 aliphatic rings. The van der Waals surface area contributed by atoms with E-state index in [1.54, 1.807) is 31.4 Å². The summed E-state index contributed by atoms with van der Waals surface area (Å²) in [5.74, 6) is -0.223. The molecule has 1 aliphatic heterocycles. The van der Waals surface area contributed by atoms with Crippen molar-refractivity contribution in [2.75, 3.05) is 53.0 Å². The van der Waals surface area contributed by atoms with Crippen molar-refractivity contribution in [2.45, 2.75) is 37.3 Å². The number of carbonyl (C=O) groups excluding carboxylic acids is 2. The number of hydrogen-bond acceptors (Lipinski definition) is 6. The highest BCUT2D eigenvalue weighted by molar-refractivity contribution is 5.97. The molecule has 8 nitrogen and oxygen atoms in total. The maximum Gasteiger partial charge on any atom is 0.251 e. The van der Waals surface area contributed by atoms with Crippen LogP contribution in [0.1, 0.15) is 46.7 Å². The molecule has 2 aromatic rings. The number of amides is 2. The maximum atomic E-state index is 13.5. The summed E-state index contributed by atoms with van der Waals surface area (Å²) < 4.78 is 18.4. The molecule has 0 aromatic heterocycles. The Labute approximate surface area is 223 Å². The Hall–Kier alpha value is -3.32. The minimum absolute atomic E-state index is 0.0611. The summed E-state index contributed by atoms with van der Waals surface area (Å²) in [7, 11) is 1.68. The van der Waals surface area contributed by atoms with Crippen molar-refractivity contribution in [1.29, 1.82) is 5.26 Å². The van der Waals surface area contributed by atoms with Gasteiger partial charge in [-0.25, -0.2) is 4.39 Å². The van der Waals surface area contributed by atoms with Crippen molar-refractivity contribution in [2.24, 2.45) is 0 Å². The van der Waals surface area contributed by atoms with E-state index < -0.39 is 6.04 Å². The van der Waals surface area contributed by atoms with Crippen molar-refractivity contribution in [3.8, 4) is 6.07 Å². The summed E-state index contributed by atoms with van der Waals surface area (Å²) in [6.45, 7) is 5.01. The molecule has 3 atom stereocenters. The Morgan fingerprint density at radius 2 is 1.82 bits per heavy atom. The molecule has 0 spiro atoms. The average molecular weight is 522 g/mol. The zero-order valence-electron chi connectivity index (χ0n) is 21.9. The number of halogens is 1. The highest BCUT2D eigenvalue weighted by Gasteiger charge is 2.37. The van der Waals surface area contributed by atoms with Crippen LogP contribution in [0.5, 0.6) is 0 Å². The van der Waals surface area contributed by atoms with Gasteiger partial charge in [-0.1, -0.05) is 12.1 Å². The Morgan fingerprint density at radius 1 is 1.11 bits per heavy atom. The van der Waals surface area contributed by atoms with Gasteiger partial charge in [0.25, 0.3) is 5.91 Å². The Kier molecular flexibility index (Phi) is 9.82. The predicted molar refractivity (Wildman–Crippen MR) is 142 cm³/mol. The Bertz CT molecular complexity index is 1110. The first-order valence-corrected chi connectivity index (χ1v) is 13.3. The number of nitrogens with one attached hydrogen (secondary N) is 2. The molecule has 202 valence electrons. The second-order valence-corrected chi connectivity index (χ2v) is 9.97. The minimum Gasteiger partial charge on any atom is -0.383 e. The van der Waals surface area contributed by atoms with E-state index in [0.29, 0.717) is 49.2 Å². The van der Waals surface area contributed by atoms with Crippen LogP contribution < -0.4 is 10.6 Å². The number of rotatable bonds is 12. The van der Waals surface area contributed by atoms with E-state index >= 15 is 0 Å². The van der Waals surface area contributed by atoms with Gasteiger partial charge in [0.2, 0.25) is 5.91 Å². The fourth-order valence-corrected chi connectivity index (χ4v) is 4.92. The number of ether oxygens (including phenoxy) is 1. The summed E-state index contributed by atoms with van der Waals surface area (Å²) in [5.41, 5.74) is 2.03. The predicted octanol–water partition coefficient (Wildman–Crippen LogP) is 2.51. The summed E-state index contributed by atoms with van der Waals surface area (Å²) >= 11 is 0. The van der Waals surface area contributed by atoms with Gasteiger partial charge in [-0.3, -0.25) is 14.5 Å². The molecule has 1 heterocycles. The van der Waals surface area contributed by atoms with E-state index in [9.17, 15) is 14.0 Å². The number of carbonyl (C=O) groups is 2. The normalized spacial score (nSPS) is 20.0. The first kappa shape index (κ1) is 27.7. The lowest BCUT2D eigenvalue weighted by Crippen LogP contribution is -2.55.